The molecule has 6 atom stereocenters. The zero-order chi connectivity index (χ0) is 37.8. The first kappa shape index (κ1) is 43.6. The number of unbranched alkanes of at least 4 members (excludes halogenated alkanes) is 1. The summed E-state index contributed by atoms with van der Waals surface area (Å²) in [6, 6.07) is -8.37. The van der Waals surface area contributed by atoms with Gasteiger partial charge in [0, 0.05) is 6.42 Å². The summed E-state index contributed by atoms with van der Waals surface area (Å²) in [5.74, 6) is -10.1. The van der Waals surface area contributed by atoms with E-state index in [2.05, 4.69) is 26.6 Å². The maximum Gasteiger partial charge on any atom is 0.326 e. The van der Waals surface area contributed by atoms with Crippen LogP contribution in [0.25, 0.3) is 0 Å². The number of hydrogen-bond acceptors (Lipinski definition) is 12. The topological polar surface area (TPSA) is 393 Å². The van der Waals surface area contributed by atoms with Gasteiger partial charge in [-0.25, -0.2) is 4.79 Å². The normalized spacial score (nSPS) is 14.3. The fourth-order valence-corrected chi connectivity index (χ4v) is 3.91. The molecule has 49 heavy (non-hydrogen) atoms. The first-order valence-electron chi connectivity index (χ1n) is 15.1. The van der Waals surface area contributed by atoms with E-state index in [1.54, 1.807) is 0 Å². The molecule has 276 valence electrons. The third kappa shape index (κ3) is 18.5. The fourth-order valence-electron chi connectivity index (χ4n) is 3.91. The van der Waals surface area contributed by atoms with Gasteiger partial charge in [0.05, 0.1) is 25.4 Å². The van der Waals surface area contributed by atoms with Crippen molar-refractivity contribution in [3.05, 3.63) is 0 Å². The lowest BCUT2D eigenvalue weighted by molar-refractivity contribution is -0.144. The summed E-state index contributed by atoms with van der Waals surface area (Å²) in [6.45, 7) is 2.30. The molecule has 0 fully saturated rings. The fraction of sp³-hybridized carbons (Fsp3) is 0.630. The van der Waals surface area contributed by atoms with Crippen molar-refractivity contribution < 1.29 is 53.1 Å². The van der Waals surface area contributed by atoms with Crippen molar-refractivity contribution >= 4 is 59.1 Å². The molecule has 0 bridgehead atoms. The van der Waals surface area contributed by atoms with E-state index in [0.29, 0.717) is 25.8 Å². The Labute approximate surface area is 281 Å². The van der Waals surface area contributed by atoms with Crippen molar-refractivity contribution in [2.45, 2.75) is 95.0 Å². The molecule has 0 aromatic carbocycles. The number of aliphatic carboxylic acids is 1. The maximum absolute atomic E-state index is 13.0. The molecule has 0 saturated carbocycles. The Morgan fingerprint density at radius 2 is 1.10 bits per heavy atom. The molecular formula is C27H47N11O11. The van der Waals surface area contributed by atoms with Crippen LogP contribution in [-0.2, 0) is 47.9 Å². The first-order chi connectivity index (χ1) is 22.8. The zero-order valence-corrected chi connectivity index (χ0v) is 27.2. The second-order valence-corrected chi connectivity index (χ2v) is 11.0. The first-order valence-corrected chi connectivity index (χ1v) is 15.1. The molecule has 0 saturated heterocycles. The second-order valence-electron chi connectivity index (χ2n) is 11.0. The van der Waals surface area contributed by atoms with Crippen LogP contribution in [0.3, 0.4) is 0 Å². The standard InChI is InChI=1S/C27H47N11O11/c1-12(34-24(45)14(29)5-3-4-8-28)22(43)33-11-21(42)36-15(6-7-18(30)39)25(46)35-13(2)23(44)37-16(9-19(31)40)26(47)38-17(27(48)49)10-20(32)41/h12-17H,3-11,28-29H2,1-2H3,(H2,30,39)(H2,31,40)(H2,32,41)(H,33,43)(H,34,45)(H,35,46)(H,36,42)(H,37,44)(H,38,47)(H,48,49)/t12-,13-,14-,15-,16-,17-/m0/s1. The van der Waals surface area contributed by atoms with Crippen LogP contribution in [0, 0.1) is 0 Å². The molecule has 0 rings (SSSR count). The summed E-state index contributed by atoms with van der Waals surface area (Å²) in [5.41, 5.74) is 26.5. The van der Waals surface area contributed by atoms with Gasteiger partial charge < -0.3 is 65.7 Å². The minimum absolute atomic E-state index is 0.327. The summed E-state index contributed by atoms with van der Waals surface area (Å²) >= 11 is 0. The van der Waals surface area contributed by atoms with Crippen molar-refractivity contribution in [1.29, 1.82) is 0 Å². The summed E-state index contributed by atoms with van der Waals surface area (Å²) in [7, 11) is 0. The van der Waals surface area contributed by atoms with Gasteiger partial charge in [-0.15, -0.1) is 0 Å². The monoisotopic (exact) mass is 701 g/mol. The third-order valence-corrected chi connectivity index (χ3v) is 6.62. The number of hydrogen-bond donors (Lipinski definition) is 12. The van der Waals surface area contributed by atoms with E-state index in [-0.39, 0.29) is 12.8 Å². The number of rotatable bonds is 24. The van der Waals surface area contributed by atoms with Crippen LogP contribution >= 0.6 is 0 Å². The number of nitrogens with one attached hydrogen (secondary N) is 6. The van der Waals surface area contributed by atoms with E-state index in [9.17, 15) is 53.1 Å². The van der Waals surface area contributed by atoms with Gasteiger partial charge in [0.1, 0.15) is 30.2 Å². The van der Waals surface area contributed by atoms with Crippen LogP contribution in [-0.4, -0.2) is 114 Å². The van der Waals surface area contributed by atoms with Crippen molar-refractivity contribution in [2.75, 3.05) is 13.1 Å². The Morgan fingerprint density at radius 1 is 0.592 bits per heavy atom. The van der Waals surface area contributed by atoms with Gasteiger partial charge in [-0.3, -0.25) is 43.2 Å². The SMILES string of the molecule is C[C@H](NC(=O)[C@H](CCC(N)=O)NC(=O)CNC(=O)[C@H](C)NC(=O)[C@@H](N)CCCCN)C(=O)N[C@@H](CC(N)=O)C(=O)N[C@@H](CC(N)=O)C(=O)O. The van der Waals surface area contributed by atoms with Gasteiger partial charge in [0.25, 0.3) is 0 Å². The van der Waals surface area contributed by atoms with E-state index in [0.717, 1.165) is 6.92 Å². The average molecular weight is 702 g/mol. The molecule has 0 radical (unpaired) electrons. The molecule has 22 heteroatoms. The molecule has 0 aliphatic heterocycles. The lowest BCUT2D eigenvalue weighted by Crippen LogP contribution is -2.58. The van der Waals surface area contributed by atoms with Crippen LogP contribution < -0.4 is 60.6 Å². The third-order valence-electron chi connectivity index (χ3n) is 6.62. The number of primary amides is 3. The van der Waals surface area contributed by atoms with E-state index in [1.165, 1.54) is 6.92 Å². The predicted molar refractivity (Wildman–Crippen MR) is 169 cm³/mol. The molecule has 0 unspecified atom stereocenters. The van der Waals surface area contributed by atoms with Gasteiger partial charge in [0.15, 0.2) is 0 Å². The molecule has 0 aromatic heterocycles. The Bertz CT molecular complexity index is 1250. The number of amides is 9. The quantitative estimate of drug-likeness (QED) is 0.0417. The van der Waals surface area contributed by atoms with Gasteiger partial charge in [0.2, 0.25) is 53.2 Å². The highest BCUT2D eigenvalue weighted by atomic mass is 16.4. The van der Waals surface area contributed by atoms with E-state index >= 15 is 0 Å². The smallest absolute Gasteiger partial charge is 0.326 e. The van der Waals surface area contributed by atoms with Crippen LogP contribution in [0.1, 0.15) is 58.8 Å². The predicted octanol–water partition coefficient (Wildman–Crippen LogP) is -6.88. The highest BCUT2D eigenvalue weighted by Gasteiger charge is 2.31. The number of nitrogens with two attached hydrogens (primary N) is 5. The lowest BCUT2D eigenvalue weighted by Gasteiger charge is -2.24. The number of carboxylic acids is 1. The lowest BCUT2D eigenvalue weighted by atomic mass is 10.1. The molecular weight excluding hydrogens is 654 g/mol. The second kappa shape index (κ2) is 22.2. The van der Waals surface area contributed by atoms with Crippen LogP contribution in [0.5, 0.6) is 0 Å². The van der Waals surface area contributed by atoms with E-state index in [1.807, 2.05) is 5.32 Å². The van der Waals surface area contributed by atoms with Gasteiger partial charge in [-0.1, -0.05) is 6.42 Å². The van der Waals surface area contributed by atoms with Crippen LogP contribution in [0.2, 0.25) is 0 Å². The van der Waals surface area contributed by atoms with Gasteiger partial charge in [-0.05, 0) is 39.7 Å². The Kier molecular flexibility index (Phi) is 19.8. The molecule has 0 heterocycles. The van der Waals surface area contributed by atoms with Crippen LogP contribution in [0.4, 0.5) is 0 Å². The van der Waals surface area contributed by atoms with Crippen molar-refractivity contribution in [3.63, 3.8) is 0 Å². The average Bonchev–Trinajstić information content (AvgIpc) is 3.00. The molecule has 22 nitrogen and oxygen atoms in total. The minimum atomic E-state index is -1.79. The van der Waals surface area contributed by atoms with Crippen molar-refractivity contribution in [2.24, 2.45) is 28.7 Å². The number of carbonyl (C=O) groups excluding carboxylic acids is 9. The van der Waals surface area contributed by atoms with Gasteiger partial charge in [-0.2, -0.15) is 0 Å². The van der Waals surface area contributed by atoms with Gasteiger partial charge >= 0.3 is 5.97 Å². The summed E-state index contributed by atoms with van der Waals surface area (Å²) in [4.78, 5) is 121. The molecule has 0 spiro atoms. The molecule has 0 aromatic rings. The largest absolute Gasteiger partial charge is 0.480 e. The molecule has 0 aliphatic carbocycles. The van der Waals surface area contributed by atoms with Crippen LogP contribution in [0.15, 0.2) is 0 Å². The van der Waals surface area contributed by atoms with Crippen molar-refractivity contribution in [1.82, 2.24) is 31.9 Å². The Balaban J connectivity index is 5.38. The van der Waals surface area contributed by atoms with Crippen molar-refractivity contribution in [3.8, 4) is 0 Å². The maximum atomic E-state index is 13.0. The Hall–Kier alpha value is -5.38. The van der Waals surface area contributed by atoms with E-state index in [4.69, 9.17) is 28.7 Å². The summed E-state index contributed by atoms with van der Waals surface area (Å²) in [5, 5.41) is 22.5. The number of carboxylic acid groups (broad SMARTS) is 1. The summed E-state index contributed by atoms with van der Waals surface area (Å²) < 4.78 is 0. The molecule has 17 N–H and O–H groups in total. The highest BCUT2D eigenvalue weighted by molar-refractivity contribution is 5.97. The minimum Gasteiger partial charge on any atom is -0.480 e. The zero-order valence-electron chi connectivity index (χ0n) is 27.2. The highest BCUT2D eigenvalue weighted by Crippen LogP contribution is 2.02. The Morgan fingerprint density at radius 3 is 1.63 bits per heavy atom. The molecule has 9 amide bonds. The summed E-state index contributed by atoms with van der Waals surface area (Å²) in [6.07, 6.45) is -0.667. The van der Waals surface area contributed by atoms with E-state index < -0.39 is 115 Å². The molecule has 0 aliphatic rings. The number of carbonyl (C=O) groups is 10.